The lowest BCUT2D eigenvalue weighted by Gasteiger charge is -2.11. The number of rotatable bonds is 3. The Morgan fingerprint density at radius 2 is 2.23 bits per heavy atom. The maximum absolute atomic E-state index is 12.4. The molecule has 6 heteroatoms. The number of aromatic nitrogens is 2. The molecule has 22 heavy (non-hydrogen) atoms. The summed E-state index contributed by atoms with van der Waals surface area (Å²) in [5.74, 6) is 0.636. The Hall–Kier alpha value is -2.01. The Morgan fingerprint density at radius 3 is 2.91 bits per heavy atom. The van der Waals surface area contributed by atoms with Crippen molar-refractivity contribution in [3.63, 3.8) is 0 Å². The van der Waals surface area contributed by atoms with Crippen LogP contribution < -0.4 is 10.1 Å². The maximum Gasteiger partial charge on any atom is 0.229 e. The Labute approximate surface area is 134 Å². The largest absolute Gasteiger partial charge is 0.491 e. The Bertz CT molecular complexity index is 752. The second-order valence-corrected chi connectivity index (χ2v) is 5.97. The average Bonchev–Trinajstić information content (AvgIpc) is 2.99. The topological polar surface area (TPSA) is 56.2 Å². The van der Waals surface area contributed by atoms with Crippen LogP contribution in [0.3, 0.4) is 0 Å². The normalized spacial score (nSPS) is 12.9. The van der Waals surface area contributed by atoms with Crippen molar-refractivity contribution < 1.29 is 9.53 Å². The molecule has 0 bridgehead atoms. The number of amides is 1. The van der Waals surface area contributed by atoms with Crippen LogP contribution in [-0.2, 0) is 24.7 Å². The highest BCUT2D eigenvalue weighted by atomic mass is 35.5. The molecule has 2 aromatic rings. The molecular formula is C16H18ClN3O2. The van der Waals surface area contributed by atoms with E-state index in [1.165, 1.54) is 0 Å². The third-order valence-corrected chi connectivity index (χ3v) is 4.24. The second kappa shape index (κ2) is 5.65. The fourth-order valence-electron chi connectivity index (χ4n) is 2.79. The van der Waals surface area contributed by atoms with E-state index in [9.17, 15) is 4.79 Å². The maximum atomic E-state index is 12.4. The minimum absolute atomic E-state index is 0.0980. The first-order valence-electron chi connectivity index (χ1n) is 7.20. The molecule has 0 atom stereocenters. The number of carbonyl (C=O) groups excluding carboxylic acids is 1. The van der Waals surface area contributed by atoms with E-state index in [4.69, 9.17) is 16.3 Å². The van der Waals surface area contributed by atoms with Gasteiger partial charge < -0.3 is 10.1 Å². The summed E-state index contributed by atoms with van der Waals surface area (Å²) >= 11 is 6.11. The molecule has 1 N–H and O–H groups in total. The number of benzene rings is 1. The Balaban J connectivity index is 1.81. The van der Waals surface area contributed by atoms with Crippen LogP contribution in [0.4, 0.5) is 5.69 Å². The number of carbonyl (C=O) groups is 1. The SMILES string of the molecule is Cc1nn(C)c(C)c1CC(=O)Nc1cc(Cl)cc2c1OCC2. The van der Waals surface area contributed by atoms with E-state index in [0.717, 1.165) is 34.7 Å². The van der Waals surface area contributed by atoms with E-state index >= 15 is 0 Å². The summed E-state index contributed by atoms with van der Waals surface area (Å²) in [5, 5.41) is 7.85. The Morgan fingerprint density at radius 1 is 1.45 bits per heavy atom. The van der Waals surface area contributed by atoms with Crippen molar-refractivity contribution in [3.8, 4) is 5.75 Å². The number of fused-ring (bicyclic) bond motifs is 1. The highest BCUT2D eigenvalue weighted by molar-refractivity contribution is 6.31. The van der Waals surface area contributed by atoms with Crippen LogP contribution in [0.1, 0.15) is 22.5 Å². The first-order chi connectivity index (χ1) is 10.5. The second-order valence-electron chi connectivity index (χ2n) is 5.54. The van der Waals surface area contributed by atoms with Gasteiger partial charge in [-0.2, -0.15) is 5.10 Å². The molecule has 1 aromatic heterocycles. The molecule has 116 valence electrons. The predicted octanol–water partition coefficient (Wildman–Crippen LogP) is 2.81. The van der Waals surface area contributed by atoms with Crippen molar-refractivity contribution >= 4 is 23.2 Å². The lowest BCUT2D eigenvalue weighted by molar-refractivity contribution is -0.115. The summed E-state index contributed by atoms with van der Waals surface area (Å²) in [6.45, 7) is 4.50. The fraction of sp³-hybridized carbons (Fsp3) is 0.375. The number of halogens is 1. The third-order valence-electron chi connectivity index (χ3n) is 4.02. The summed E-state index contributed by atoms with van der Waals surface area (Å²) < 4.78 is 7.39. The van der Waals surface area contributed by atoms with Crippen molar-refractivity contribution in [2.24, 2.45) is 7.05 Å². The first kappa shape index (κ1) is 14.9. The zero-order chi connectivity index (χ0) is 15.9. The zero-order valence-corrected chi connectivity index (χ0v) is 13.6. The number of anilines is 1. The molecule has 0 fully saturated rings. The summed E-state index contributed by atoms with van der Waals surface area (Å²) in [7, 11) is 1.88. The molecule has 3 rings (SSSR count). The van der Waals surface area contributed by atoms with Crippen LogP contribution in [0.2, 0.25) is 5.02 Å². The summed E-state index contributed by atoms with van der Waals surface area (Å²) in [6, 6.07) is 3.61. The average molecular weight is 320 g/mol. The van der Waals surface area contributed by atoms with Crippen LogP contribution in [0.5, 0.6) is 5.75 Å². The number of hydrogen-bond donors (Lipinski definition) is 1. The fourth-order valence-corrected chi connectivity index (χ4v) is 3.03. The van der Waals surface area contributed by atoms with Gasteiger partial charge in [0.05, 0.1) is 24.4 Å². The minimum Gasteiger partial charge on any atom is -0.491 e. The lowest BCUT2D eigenvalue weighted by atomic mass is 10.1. The van der Waals surface area contributed by atoms with Crippen molar-refractivity contribution in [3.05, 3.63) is 39.7 Å². The highest BCUT2D eigenvalue weighted by Gasteiger charge is 2.20. The van der Waals surface area contributed by atoms with Crippen molar-refractivity contribution in [1.82, 2.24) is 9.78 Å². The van der Waals surface area contributed by atoms with Crippen molar-refractivity contribution in [2.75, 3.05) is 11.9 Å². The highest BCUT2D eigenvalue weighted by Crippen LogP contribution is 2.36. The number of aryl methyl sites for hydroxylation is 2. The predicted molar refractivity (Wildman–Crippen MR) is 85.7 cm³/mol. The van der Waals surface area contributed by atoms with Crippen LogP contribution >= 0.6 is 11.6 Å². The van der Waals surface area contributed by atoms with Crippen LogP contribution in [0.15, 0.2) is 12.1 Å². The number of nitrogens with one attached hydrogen (secondary N) is 1. The molecule has 5 nitrogen and oxygen atoms in total. The molecule has 2 heterocycles. The Kier molecular flexibility index (Phi) is 3.83. The van der Waals surface area contributed by atoms with Crippen LogP contribution in [0.25, 0.3) is 0 Å². The monoisotopic (exact) mass is 319 g/mol. The lowest BCUT2D eigenvalue weighted by Crippen LogP contribution is -2.16. The van der Waals surface area contributed by atoms with Gasteiger partial charge in [-0.25, -0.2) is 0 Å². The van der Waals surface area contributed by atoms with E-state index in [-0.39, 0.29) is 12.3 Å². The molecule has 0 saturated carbocycles. The number of hydrogen-bond acceptors (Lipinski definition) is 3. The summed E-state index contributed by atoms with van der Waals surface area (Å²) in [4.78, 5) is 12.4. The molecule has 0 radical (unpaired) electrons. The molecule has 0 unspecified atom stereocenters. The van der Waals surface area contributed by atoms with E-state index in [1.807, 2.05) is 27.0 Å². The van der Waals surface area contributed by atoms with Crippen LogP contribution in [-0.4, -0.2) is 22.3 Å². The summed E-state index contributed by atoms with van der Waals surface area (Å²) in [5.41, 5.74) is 4.52. The molecule has 0 aliphatic carbocycles. The van der Waals surface area contributed by atoms with Gasteiger partial charge in [0, 0.05) is 35.3 Å². The molecule has 0 spiro atoms. The quantitative estimate of drug-likeness (QED) is 0.946. The molecule has 1 aliphatic heterocycles. The van der Waals surface area contributed by atoms with Gasteiger partial charge in [0.2, 0.25) is 5.91 Å². The van der Waals surface area contributed by atoms with E-state index in [2.05, 4.69) is 10.4 Å². The summed E-state index contributed by atoms with van der Waals surface area (Å²) in [6.07, 6.45) is 1.10. The van der Waals surface area contributed by atoms with E-state index < -0.39 is 0 Å². The number of ether oxygens (including phenoxy) is 1. The van der Waals surface area contributed by atoms with Gasteiger partial charge in [-0.15, -0.1) is 0 Å². The van der Waals surface area contributed by atoms with E-state index in [0.29, 0.717) is 17.3 Å². The molecule has 1 aromatic carbocycles. The standard InChI is InChI=1S/C16H18ClN3O2/c1-9-13(10(2)20(3)19-9)8-15(21)18-14-7-12(17)6-11-4-5-22-16(11)14/h6-7H,4-5,8H2,1-3H3,(H,18,21). The zero-order valence-electron chi connectivity index (χ0n) is 12.9. The smallest absolute Gasteiger partial charge is 0.229 e. The number of nitrogens with zero attached hydrogens (tertiary/aromatic N) is 2. The third kappa shape index (κ3) is 2.68. The molecule has 1 aliphatic rings. The van der Waals surface area contributed by atoms with Gasteiger partial charge in [0.1, 0.15) is 5.75 Å². The first-order valence-corrected chi connectivity index (χ1v) is 7.57. The van der Waals surface area contributed by atoms with Gasteiger partial charge in [-0.1, -0.05) is 11.6 Å². The van der Waals surface area contributed by atoms with E-state index in [1.54, 1.807) is 10.7 Å². The van der Waals surface area contributed by atoms with Crippen LogP contribution in [0, 0.1) is 13.8 Å². The van der Waals surface area contributed by atoms with Gasteiger partial charge in [-0.05, 0) is 26.0 Å². The van der Waals surface area contributed by atoms with Crippen molar-refractivity contribution in [1.29, 1.82) is 0 Å². The van der Waals surface area contributed by atoms with Crippen molar-refractivity contribution in [2.45, 2.75) is 26.7 Å². The van der Waals surface area contributed by atoms with Gasteiger partial charge in [0.25, 0.3) is 0 Å². The molecule has 0 saturated heterocycles. The minimum atomic E-state index is -0.0980. The van der Waals surface area contributed by atoms with Gasteiger partial charge in [0.15, 0.2) is 0 Å². The van der Waals surface area contributed by atoms with Gasteiger partial charge >= 0.3 is 0 Å². The molecule has 1 amide bonds. The molecular weight excluding hydrogens is 302 g/mol. The van der Waals surface area contributed by atoms with Gasteiger partial charge in [-0.3, -0.25) is 9.48 Å².